The van der Waals surface area contributed by atoms with E-state index in [0.717, 1.165) is 0 Å². The van der Waals surface area contributed by atoms with E-state index in [1.807, 2.05) is 0 Å². The fraction of sp³-hybridized carbons (Fsp3) is 0.368. The Morgan fingerprint density at radius 3 is 2.47 bits per heavy atom. The van der Waals surface area contributed by atoms with Gasteiger partial charge in [-0.2, -0.15) is 10.2 Å². The Morgan fingerprint density at radius 1 is 1.16 bits per heavy atom. The number of carbonyl (C=O) groups excluding carboxylic acids is 2. The molecule has 0 spiro atoms. The van der Waals surface area contributed by atoms with Crippen LogP contribution in [-0.4, -0.2) is 50.4 Å². The van der Waals surface area contributed by atoms with E-state index in [4.69, 9.17) is 4.42 Å². The third-order valence-electron chi connectivity index (χ3n) is 4.46. The van der Waals surface area contributed by atoms with Crippen molar-refractivity contribution in [3.05, 3.63) is 53.0 Å². The molecule has 0 radical (unpaired) electrons. The molecular weight excluding hydrogens is 436 g/mol. The van der Waals surface area contributed by atoms with Gasteiger partial charge in [-0.1, -0.05) is 0 Å². The van der Waals surface area contributed by atoms with Gasteiger partial charge in [0.15, 0.2) is 5.76 Å². The lowest BCUT2D eigenvalue weighted by Crippen LogP contribution is -2.26. The van der Waals surface area contributed by atoms with Crippen molar-refractivity contribution in [1.29, 1.82) is 0 Å². The summed E-state index contributed by atoms with van der Waals surface area (Å²) in [5.41, 5.74) is -1.13. The van der Waals surface area contributed by atoms with Crippen molar-refractivity contribution in [3.8, 4) is 0 Å². The predicted octanol–water partition coefficient (Wildman–Crippen LogP) is 3.57. The maximum atomic E-state index is 13.1. The fourth-order valence-electron chi connectivity index (χ4n) is 2.93. The summed E-state index contributed by atoms with van der Waals surface area (Å²) in [6.45, 7) is 1.80. The quantitative estimate of drug-likeness (QED) is 0.523. The van der Waals surface area contributed by atoms with Crippen LogP contribution in [0.25, 0.3) is 0 Å². The highest BCUT2D eigenvalue weighted by Gasteiger charge is 2.24. The van der Waals surface area contributed by atoms with Gasteiger partial charge in [0, 0.05) is 20.6 Å². The molecule has 3 aromatic heterocycles. The maximum Gasteiger partial charge on any atom is 0.291 e. The highest BCUT2D eigenvalue weighted by molar-refractivity contribution is 6.07. The van der Waals surface area contributed by atoms with Gasteiger partial charge in [0.05, 0.1) is 18.4 Å². The molecule has 0 saturated carbocycles. The van der Waals surface area contributed by atoms with Gasteiger partial charge in [-0.15, -0.1) is 0 Å². The standard InChI is InChI=1S/C19H20F4N6O3/c1-4-28-15(19(31)27(2)3)12(8-24-28)25-18(30)14-6-5-10(32-14)9-29-13(17(22)23)7-11(26-29)16(20)21/h5-8,16-17H,4,9H2,1-3H3,(H,25,30). The lowest BCUT2D eigenvalue weighted by atomic mass is 10.3. The van der Waals surface area contributed by atoms with E-state index in [9.17, 15) is 27.2 Å². The molecule has 0 bridgehead atoms. The van der Waals surface area contributed by atoms with E-state index in [1.165, 1.54) is 27.9 Å². The number of furan rings is 1. The molecule has 13 heteroatoms. The summed E-state index contributed by atoms with van der Waals surface area (Å²) in [6.07, 6.45) is -4.70. The van der Waals surface area contributed by atoms with Crippen molar-refractivity contribution in [2.24, 2.45) is 0 Å². The molecule has 3 heterocycles. The van der Waals surface area contributed by atoms with E-state index in [2.05, 4.69) is 15.5 Å². The molecule has 2 amide bonds. The number of aryl methyl sites for hydroxylation is 1. The molecule has 32 heavy (non-hydrogen) atoms. The minimum Gasteiger partial charge on any atom is -0.454 e. The van der Waals surface area contributed by atoms with Crippen molar-refractivity contribution in [3.63, 3.8) is 0 Å². The van der Waals surface area contributed by atoms with Crippen LogP contribution in [0.4, 0.5) is 23.2 Å². The topological polar surface area (TPSA) is 98.2 Å². The minimum atomic E-state index is -3.02. The molecular formula is C19H20F4N6O3. The molecule has 0 unspecified atom stereocenters. The fourth-order valence-corrected chi connectivity index (χ4v) is 2.93. The Balaban J connectivity index is 1.79. The number of hydrogen-bond acceptors (Lipinski definition) is 5. The van der Waals surface area contributed by atoms with Crippen LogP contribution in [0.15, 0.2) is 28.8 Å². The van der Waals surface area contributed by atoms with Gasteiger partial charge < -0.3 is 14.6 Å². The van der Waals surface area contributed by atoms with Gasteiger partial charge in [-0.05, 0) is 25.1 Å². The molecule has 0 aliphatic heterocycles. The van der Waals surface area contributed by atoms with Crippen LogP contribution in [0.2, 0.25) is 0 Å². The van der Waals surface area contributed by atoms with Gasteiger partial charge in [0.25, 0.3) is 24.7 Å². The smallest absolute Gasteiger partial charge is 0.291 e. The molecule has 0 aliphatic carbocycles. The first-order valence-corrected chi connectivity index (χ1v) is 9.43. The molecule has 0 atom stereocenters. The zero-order valence-corrected chi connectivity index (χ0v) is 17.4. The maximum absolute atomic E-state index is 13.1. The second kappa shape index (κ2) is 9.24. The number of nitrogens with one attached hydrogen (secondary N) is 1. The van der Waals surface area contributed by atoms with Gasteiger partial charge in [-0.25, -0.2) is 17.6 Å². The number of nitrogens with zero attached hydrogens (tertiary/aromatic N) is 5. The number of aromatic nitrogens is 4. The molecule has 0 aliphatic rings. The van der Waals surface area contributed by atoms with Crippen LogP contribution in [0, 0.1) is 0 Å². The Kier molecular flexibility index (Phi) is 6.65. The number of amides is 2. The second-order valence-electron chi connectivity index (χ2n) is 6.90. The summed E-state index contributed by atoms with van der Waals surface area (Å²) in [5, 5.41) is 10.1. The summed E-state index contributed by atoms with van der Waals surface area (Å²) in [6, 6.07) is 3.26. The van der Waals surface area contributed by atoms with E-state index in [-0.39, 0.29) is 35.4 Å². The molecule has 172 valence electrons. The van der Waals surface area contributed by atoms with Gasteiger partial charge in [0.2, 0.25) is 0 Å². The summed E-state index contributed by atoms with van der Waals surface area (Å²) in [7, 11) is 3.12. The number of hydrogen-bond donors (Lipinski definition) is 1. The van der Waals surface area contributed by atoms with Gasteiger partial charge >= 0.3 is 0 Å². The van der Waals surface area contributed by atoms with Crippen LogP contribution in [0.3, 0.4) is 0 Å². The van der Waals surface area contributed by atoms with E-state index >= 15 is 0 Å². The number of rotatable bonds is 8. The summed E-state index contributed by atoms with van der Waals surface area (Å²) >= 11 is 0. The average molecular weight is 456 g/mol. The Labute approximate surface area is 179 Å². The first kappa shape index (κ1) is 23.0. The lowest BCUT2D eigenvalue weighted by Gasteiger charge is -2.13. The van der Waals surface area contributed by atoms with E-state index < -0.39 is 30.1 Å². The zero-order chi connectivity index (χ0) is 23.6. The number of carbonyl (C=O) groups is 2. The highest BCUT2D eigenvalue weighted by atomic mass is 19.3. The largest absolute Gasteiger partial charge is 0.454 e. The summed E-state index contributed by atoms with van der Waals surface area (Å²) in [4.78, 5) is 26.4. The first-order valence-electron chi connectivity index (χ1n) is 9.43. The van der Waals surface area contributed by atoms with Crippen molar-refractivity contribution in [2.45, 2.75) is 32.9 Å². The molecule has 0 fully saturated rings. The normalized spacial score (nSPS) is 11.4. The number of alkyl halides is 4. The van der Waals surface area contributed by atoms with Gasteiger partial charge in [-0.3, -0.25) is 19.0 Å². The van der Waals surface area contributed by atoms with Crippen LogP contribution in [0.1, 0.15) is 58.0 Å². The molecule has 0 saturated heterocycles. The average Bonchev–Trinajstić information content (AvgIpc) is 3.45. The predicted molar refractivity (Wildman–Crippen MR) is 104 cm³/mol. The second-order valence-corrected chi connectivity index (χ2v) is 6.90. The summed E-state index contributed by atoms with van der Waals surface area (Å²) in [5.74, 6) is -1.20. The molecule has 9 nitrogen and oxygen atoms in total. The van der Waals surface area contributed by atoms with Gasteiger partial charge in [0.1, 0.15) is 22.8 Å². The Morgan fingerprint density at radius 2 is 1.88 bits per heavy atom. The third kappa shape index (κ3) is 4.65. The van der Waals surface area contributed by atoms with Crippen molar-refractivity contribution >= 4 is 17.5 Å². The van der Waals surface area contributed by atoms with Crippen molar-refractivity contribution in [2.75, 3.05) is 19.4 Å². The van der Waals surface area contributed by atoms with Crippen LogP contribution in [-0.2, 0) is 13.1 Å². The Hall–Kier alpha value is -3.64. The zero-order valence-electron chi connectivity index (χ0n) is 17.4. The SMILES string of the molecule is CCn1ncc(NC(=O)c2ccc(Cn3nc(C(F)F)cc3C(F)F)o2)c1C(=O)N(C)C. The van der Waals surface area contributed by atoms with E-state index in [1.54, 1.807) is 21.0 Å². The monoisotopic (exact) mass is 456 g/mol. The van der Waals surface area contributed by atoms with Crippen molar-refractivity contribution < 1.29 is 31.6 Å². The van der Waals surface area contributed by atoms with Crippen LogP contribution >= 0.6 is 0 Å². The molecule has 3 aromatic rings. The minimum absolute atomic E-state index is 0.0508. The first-order chi connectivity index (χ1) is 15.1. The Bertz CT molecular complexity index is 1120. The van der Waals surface area contributed by atoms with Crippen LogP contribution < -0.4 is 5.32 Å². The number of anilines is 1. The lowest BCUT2D eigenvalue weighted by molar-refractivity contribution is 0.0816. The molecule has 0 aromatic carbocycles. The highest BCUT2D eigenvalue weighted by Crippen LogP contribution is 2.26. The van der Waals surface area contributed by atoms with Crippen molar-refractivity contribution in [1.82, 2.24) is 24.5 Å². The summed E-state index contributed by atoms with van der Waals surface area (Å²) < 4.78 is 59.4. The molecule has 1 N–H and O–H groups in total. The van der Waals surface area contributed by atoms with Crippen LogP contribution in [0.5, 0.6) is 0 Å². The number of halogens is 4. The molecule has 3 rings (SSSR count). The third-order valence-corrected chi connectivity index (χ3v) is 4.46. The van der Waals surface area contributed by atoms with E-state index in [0.29, 0.717) is 17.3 Å².